The highest BCUT2D eigenvalue weighted by atomic mass is 127. The van der Waals surface area contributed by atoms with E-state index in [4.69, 9.17) is 5.10 Å². The number of hydrogen-bond donors (Lipinski definition) is 2. The minimum absolute atomic E-state index is 0. The van der Waals surface area contributed by atoms with E-state index in [1.807, 2.05) is 7.05 Å². The van der Waals surface area contributed by atoms with Crippen LogP contribution in [0.4, 0.5) is 0 Å². The molecule has 0 bridgehead atoms. The first-order chi connectivity index (χ1) is 11.5. The van der Waals surface area contributed by atoms with Crippen molar-refractivity contribution in [2.24, 2.45) is 10.4 Å². The Morgan fingerprint density at radius 1 is 1.40 bits per heavy atom. The van der Waals surface area contributed by atoms with Crippen molar-refractivity contribution >= 4 is 29.9 Å². The Labute approximate surface area is 169 Å². The Hall–Kier alpha value is -0.790. The topological polar surface area (TPSA) is 54.2 Å². The molecule has 0 aliphatic heterocycles. The van der Waals surface area contributed by atoms with Crippen LogP contribution in [0.1, 0.15) is 70.2 Å². The van der Waals surface area contributed by atoms with Gasteiger partial charge in [0.15, 0.2) is 5.96 Å². The maximum atomic E-state index is 4.77. The third-order valence-corrected chi connectivity index (χ3v) is 5.68. The first-order valence-corrected chi connectivity index (χ1v) is 9.53. The number of aliphatic imine (C=N–C) groups is 1. The molecular formula is C19H34IN5. The van der Waals surface area contributed by atoms with Gasteiger partial charge < -0.3 is 10.6 Å². The standard InChI is InChI=1S/C19H33N5.HI/c1-14(2)24-12-15-7-8-16(11-17(15)23-24)22-18(20-4)21-13-19(3)9-5-6-10-19;/h12,14,16H,5-11,13H2,1-4H3,(H2,20,21,22);1H. The predicted octanol–water partition coefficient (Wildman–Crippen LogP) is 3.68. The van der Waals surface area contributed by atoms with E-state index >= 15 is 0 Å². The van der Waals surface area contributed by atoms with Gasteiger partial charge in [0.05, 0.1) is 5.69 Å². The monoisotopic (exact) mass is 459 g/mol. The quantitative estimate of drug-likeness (QED) is 0.410. The Morgan fingerprint density at radius 3 is 2.76 bits per heavy atom. The first kappa shape index (κ1) is 20.5. The van der Waals surface area contributed by atoms with Crippen LogP contribution in [0.5, 0.6) is 0 Å². The molecule has 0 spiro atoms. The summed E-state index contributed by atoms with van der Waals surface area (Å²) >= 11 is 0. The van der Waals surface area contributed by atoms with E-state index in [1.165, 1.54) is 36.9 Å². The Bertz CT molecular complexity index is 587. The molecule has 6 heteroatoms. The van der Waals surface area contributed by atoms with Crippen LogP contribution < -0.4 is 10.6 Å². The maximum Gasteiger partial charge on any atom is 0.191 e. The fraction of sp³-hybridized carbons (Fsp3) is 0.789. The lowest BCUT2D eigenvalue weighted by Crippen LogP contribution is -2.48. The van der Waals surface area contributed by atoms with Crippen LogP contribution in [0.25, 0.3) is 0 Å². The van der Waals surface area contributed by atoms with Crippen LogP contribution in [0.3, 0.4) is 0 Å². The molecular weight excluding hydrogens is 425 g/mol. The van der Waals surface area contributed by atoms with E-state index in [1.54, 1.807) is 0 Å². The summed E-state index contributed by atoms with van der Waals surface area (Å²) in [5.74, 6) is 0.944. The first-order valence-electron chi connectivity index (χ1n) is 9.53. The summed E-state index contributed by atoms with van der Waals surface area (Å²) in [7, 11) is 1.87. The van der Waals surface area contributed by atoms with Crippen molar-refractivity contribution in [1.29, 1.82) is 0 Å². The van der Waals surface area contributed by atoms with Gasteiger partial charge in [0.25, 0.3) is 0 Å². The van der Waals surface area contributed by atoms with E-state index in [9.17, 15) is 0 Å². The molecule has 1 heterocycles. The second-order valence-electron chi connectivity index (χ2n) is 8.20. The average molecular weight is 459 g/mol. The van der Waals surface area contributed by atoms with E-state index in [0.29, 0.717) is 17.5 Å². The lowest BCUT2D eigenvalue weighted by Gasteiger charge is -2.28. The normalized spacial score (nSPS) is 22.4. The van der Waals surface area contributed by atoms with Crippen molar-refractivity contribution in [3.63, 3.8) is 0 Å². The fourth-order valence-electron chi connectivity index (χ4n) is 3.99. The van der Waals surface area contributed by atoms with Crippen molar-refractivity contribution in [1.82, 2.24) is 20.4 Å². The van der Waals surface area contributed by atoms with Gasteiger partial charge in [0.1, 0.15) is 0 Å². The smallest absolute Gasteiger partial charge is 0.191 e. The number of guanidine groups is 1. The zero-order valence-electron chi connectivity index (χ0n) is 16.1. The lowest BCUT2D eigenvalue weighted by atomic mass is 9.89. The highest BCUT2D eigenvalue weighted by molar-refractivity contribution is 14.0. The molecule has 0 radical (unpaired) electrons. The molecule has 0 aromatic carbocycles. The van der Waals surface area contributed by atoms with Gasteiger partial charge in [0.2, 0.25) is 0 Å². The zero-order chi connectivity index (χ0) is 17.2. The molecule has 0 amide bonds. The Kier molecular flexibility index (Phi) is 7.17. The van der Waals surface area contributed by atoms with Crippen LogP contribution in [-0.4, -0.2) is 35.4 Å². The van der Waals surface area contributed by atoms with E-state index < -0.39 is 0 Å². The van der Waals surface area contributed by atoms with Crippen molar-refractivity contribution < 1.29 is 0 Å². The number of aromatic nitrogens is 2. The molecule has 3 rings (SSSR count). The Balaban J connectivity index is 0.00000225. The molecule has 1 atom stereocenters. The molecule has 1 fully saturated rings. The molecule has 2 aliphatic rings. The van der Waals surface area contributed by atoms with Crippen molar-refractivity contribution in [2.45, 2.75) is 77.8 Å². The number of aryl methyl sites for hydroxylation is 1. The maximum absolute atomic E-state index is 4.77. The van der Waals surface area contributed by atoms with Crippen LogP contribution in [0.15, 0.2) is 11.2 Å². The van der Waals surface area contributed by atoms with Gasteiger partial charge in [-0.1, -0.05) is 19.8 Å². The minimum atomic E-state index is 0. The highest BCUT2D eigenvalue weighted by Gasteiger charge is 2.29. The van der Waals surface area contributed by atoms with Gasteiger partial charge in [-0.05, 0) is 50.5 Å². The summed E-state index contributed by atoms with van der Waals surface area (Å²) in [6.07, 6.45) is 10.9. The van der Waals surface area contributed by atoms with Gasteiger partial charge in [0, 0.05) is 38.3 Å². The number of rotatable bonds is 4. The summed E-state index contributed by atoms with van der Waals surface area (Å²) in [4.78, 5) is 4.43. The molecule has 2 N–H and O–H groups in total. The van der Waals surface area contributed by atoms with E-state index in [-0.39, 0.29) is 24.0 Å². The van der Waals surface area contributed by atoms with Gasteiger partial charge in [-0.25, -0.2) is 0 Å². The van der Waals surface area contributed by atoms with Crippen LogP contribution in [0, 0.1) is 5.41 Å². The molecule has 25 heavy (non-hydrogen) atoms. The summed E-state index contributed by atoms with van der Waals surface area (Å²) in [6, 6.07) is 0.860. The zero-order valence-corrected chi connectivity index (χ0v) is 18.5. The van der Waals surface area contributed by atoms with E-state index in [0.717, 1.165) is 31.8 Å². The fourth-order valence-corrected chi connectivity index (χ4v) is 3.99. The molecule has 142 valence electrons. The highest BCUT2D eigenvalue weighted by Crippen LogP contribution is 2.36. The molecule has 1 saturated carbocycles. The number of nitrogens with zero attached hydrogens (tertiary/aromatic N) is 3. The van der Waals surface area contributed by atoms with Crippen molar-refractivity contribution in [3.8, 4) is 0 Å². The van der Waals surface area contributed by atoms with Crippen LogP contribution in [-0.2, 0) is 12.8 Å². The van der Waals surface area contributed by atoms with Gasteiger partial charge in [-0.15, -0.1) is 24.0 Å². The number of halogens is 1. The lowest BCUT2D eigenvalue weighted by molar-refractivity contribution is 0.333. The third kappa shape index (κ3) is 5.11. The molecule has 0 saturated heterocycles. The SMILES string of the molecule is CN=C(NCC1(C)CCCC1)NC1CCc2cn(C(C)C)nc2C1.I. The van der Waals surface area contributed by atoms with Gasteiger partial charge in [-0.2, -0.15) is 5.10 Å². The van der Waals surface area contributed by atoms with Crippen LogP contribution in [0.2, 0.25) is 0 Å². The largest absolute Gasteiger partial charge is 0.356 e. The van der Waals surface area contributed by atoms with Gasteiger partial charge in [-0.3, -0.25) is 9.67 Å². The van der Waals surface area contributed by atoms with Crippen LogP contribution >= 0.6 is 24.0 Å². The third-order valence-electron chi connectivity index (χ3n) is 5.68. The summed E-state index contributed by atoms with van der Waals surface area (Å²) in [5.41, 5.74) is 3.11. The predicted molar refractivity (Wildman–Crippen MR) is 115 cm³/mol. The second kappa shape index (κ2) is 8.73. The van der Waals surface area contributed by atoms with Gasteiger partial charge >= 0.3 is 0 Å². The summed E-state index contributed by atoms with van der Waals surface area (Å²) < 4.78 is 2.10. The second-order valence-corrected chi connectivity index (χ2v) is 8.20. The molecule has 5 nitrogen and oxygen atoms in total. The molecule has 1 aromatic heterocycles. The Morgan fingerprint density at radius 2 is 2.12 bits per heavy atom. The number of hydrogen-bond acceptors (Lipinski definition) is 2. The molecule has 2 aliphatic carbocycles. The summed E-state index contributed by atoms with van der Waals surface area (Å²) in [6.45, 7) is 7.78. The average Bonchev–Trinajstić information content (AvgIpc) is 3.17. The van der Waals surface area contributed by atoms with Crippen molar-refractivity contribution in [2.75, 3.05) is 13.6 Å². The number of nitrogens with one attached hydrogen (secondary N) is 2. The summed E-state index contributed by atoms with van der Waals surface area (Å²) in [5, 5.41) is 11.9. The van der Waals surface area contributed by atoms with E-state index in [2.05, 4.69) is 47.3 Å². The molecule has 1 unspecified atom stereocenters. The molecule has 1 aromatic rings. The number of fused-ring (bicyclic) bond motifs is 1. The minimum Gasteiger partial charge on any atom is -0.356 e. The van der Waals surface area contributed by atoms with Crippen molar-refractivity contribution in [3.05, 3.63) is 17.5 Å².